The van der Waals surface area contributed by atoms with Gasteiger partial charge in [0.1, 0.15) is 11.5 Å². The van der Waals surface area contributed by atoms with E-state index in [0.29, 0.717) is 6.42 Å². The van der Waals surface area contributed by atoms with Crippen molar-refractivity contribution in [3.8, 4) is 5.69 Å². The van der Waals surface area contributed by atoms with E-state index in [1.54, 1.807) is 0 Å². The van der Waals surface area contributed by atoms with Gasteiger partial charge in [-0.15, -0.1) is 0 Å². The number of amides is 1. The van der Waals surface area contributed by atoms with Crippen LogP contribution in [0.25, 0.3) is 5.69 Å². The van der Waals surface area contributed by atoms with Crippen molar-refractivity contribution in [3.05, 3.63) is 78.0 Å². The van der Waals surface area contributed by atoms with Gasteiger partial charge >= 0.3 is 0 Å². The molecule has 0 radical (unpaired) electrons. The number of nitrogens with zero attached hydrogens (tertiary/aromatic N) is 1. The van der Waals surface area contributed by atoms with Crippen molar-refractivity contribution in [2.75, 3.05) is 0 Å². The zero-order chi connectivity index (χ0) is 16.2. The first kappa shape index (κ1) is 15.2. The van der Waals surface area contributed by atoms with Crippen molar-refractivity contribution in [2.45, 2.75) is 26.3 Å². The zero-order valence-electron chi connectivity index (χ0n) is 13.3. The van der Waals surface area contributed by atoms with Crippen LogP contribution in [0, 0.1) is 6.92 Å². The SMILES string of the molecule is Cc1ccc(C(C)NC(=O)Cc2ccc(-n3cccc3)cc2)o1. The maximum atomic E-state index is 12.2. The molecule has 4 nitrogen and oxygen atoms in total. The molecule has 1 aromatic carbocycles. The van der Waals surface area contributed by atoms with Crippen LogP contribution in [0.2, 0.25) is 0 Å². The molecule has 0 fully saturated rings. The van der Waals surface area contributed by atoms with E-state index in [-0.39, 0.29) is 11.9 Å². The van der Waals surface area contributed by atoms with Crippen LogP contribution in [-0.2, 0) is 11.2 Å². The molecule has 3 aromatic rings. The van der Waals surface area contributed by atoms with Gasteiger partial charge in [0.2, 0.25) is 5.91 Å². The first-order chi connectivity index (χ1) is 11.1. The van der Waals surface area contributed by atoms with Crippen molar-refractivity contribution >= 4 is 5.91 Å². The van der Waals surface area contributed by atoms with Crippen LogP contribution in [0.4, 0.5) is 0 Å². The van der Waals surface area contributed by atoms with Gasteiger partial charge in [-0.25, -0.2) is 0 Å². The van der Waals surface area contributed by atoms with Crippen LogP contribution in [-0.4, -0.2) is 10.5 Å². The summed E-state index contributed by atoms with van der Waals surface area (Å²) in [5.74, 6) is 1.61. The van der Waals surface area contributed by atoms with Crippen LogP contribution in [0.15, 0.2) is 65.3 Å². The molecule has 2 heterocycles. The fraction of sp³-hybridized carbons (Fsp3) is 0.211. The average molecular weight is 308 g/mol. The fourth-order valence-electron chi connectivity index (χ4n) is 2.53. The number of carbonyl (C=O) groups is 1. The number of aromatic nitrogens is 1. The standard InChI is InChI=1S/C19H20N2O2/c1-14-5-10-18(23-14)15(2)20-19(22)13-16-6-8-17(9-7-16)21-11-3-4-12-21/h3-12,15H,13H2,1-2H3,(H,20,22). The van der Waals surface area contributed by atoms with Crippen LogP contribution < -0.4 is 5.32 Å². The van der Waals surface area contributed by atoms with Crippen molar-refractivity contribution in [1.29, 1.82) is 0 Å². The summed E-state index contributed by atoms with van der Waals surface area (Å²) in [5, 5.41) is 2.96. The molecule has 2 aromatic heterocycles. The minimum atomic E-state index is -0.129. The van der Waals surface area contributed by atoms with Gasteiger partial charge in [-0.2, -0.15) is 0 Å². The minimum absolute atomic E-state index is 0.0136. The smallest absolute Gasteiger partial charge is 0.224 e. The number of carbonyl (C=O) groups excluding carboxylic acids is 1. The number of benzene rings is 1. The quantitative estimate of drug-likeness (QED) is 0.779. The van der Waals surface area contributed by atoms with Gasteiger partial charge in [0.15, 0.2) is 0 Å². The Balaban J connectivity index is 1.59. The van der Waals surface area contributed by atoms with E-state index in [4.69, 9.17) is 4.42 Å². The Morgan fingerprint density at radius 1 is 1.13 bits per heavy atom. The van der Waals surface area contributed by atoms with Gasteiger partial charge in [-0.1, -0.05) is 12.1 Å². The van der Waals surface area contributed by atoms with E-state index in [2.05, 4.69) is 5.32 Å². The molecule has 23 heavy (non-hydrogen) atoms. The second-order valence-electron chi connectivity index (χ2n) is 5.67. The third-order valence-electron chi connectivity index (χ3n) is 3.77. The first-order valence-corrected chi connectivity index (χ1v) is 7.70. The summed E-state index contributed by atoms with van der Waals surface area (Å²) in [6.45, 7) is 3.82. The summed E-state index contributed by atoms with van der Waals surface area (Å²) < 4.78 is 7.57. The molecule has 4 heteroatoms. The molecule has 118 valence electrons. The van der Waals surface area contributed by atoms with E-state index < -0.39 is 0 Å². The summed E-state index contributed by atoms with van der Waals surface area (Å²) in [6, 6.07) is 15.6. The third-order valence-corrected chi connectivity index (χ3v) is 3.77. The van der Waals surface area contributed by atoms with Gasteiger partial charge in [0.25, 0.3) is 0 Å². The predicted octanol–water partition coefficient (Wildman–Crippen LogP) is 3.80. The molecule has 1 N–H and O–H groups in total. The lowest BCUT2D eigenvalue weighted by molar-refractivity contribution is -0.121. The highest BCUT2D eigenvalue weighted by Crippen LogP contribution is 2.16. The molecule has 1 unspecified atom stereocenters. The number of furan rings is 1. The lowest BCUT2D eigenvalue weighted by Gasteiger charge is -2.12. The van der Waals surface area contributed by atoms with Crippen LogP contribution in [0.1, 0.15) is 30.0 Å². The van der Waals surface area contributed by atoms with E-state index in [1.165, 1.54) is 0 Å². The highest BCUT2D eigenvalue weighted by atomic mass is 16.3. The first-order valence-electron chi connectivity index (χ1n) is 7.70. The van der Waals surface area contributed by atoms with Gasteiger partial charge in [0.05, 0.1) is 12.5 Å². The predicted molar refractivity (Wildman–Crippen MR) is 89.5 cm³/mol. The summed E-state index contributed by atoms with van der Waals surface area (Å²) in [4.78, 5) is 12.2. The molecule has 0 saturated heterocycles. The molecule has 0 bridgehead atoms. The van der Waals surface area contributed by atoms with Crippen LogP contribution in [0.5, 0.6) is 0 Å². The lowest BCUT2D eigenvalue weighted by atomic mass is 10.1. The summed E-state index contributed by atoms with van der Waals surface area (Å²) >= 11 is 0. The van der Waals surface area contributed by atoms with Crippen LogP contribution >= 0.6 is 0 Å². The molecule has 0 spiro atoms. The van der Waals surface area contributed by atoms with Crippen molar-refractivity contribution < 1.29 is 9.21 Å². The zero-order valence-corrected chi connectivity index (χ0v) is 13.3. The highest BCUT2D eigenvalue weighted by molar-refractivity contribution is 5.79. The number of rotatable bonds is 5. The van der Waals surface area contributed by atoms with Gasteiger partial charge in [-0.05, 0) is 55.8 Å². The Kier molecular flexibility index (Phi) is 4.33. The lowest BCUT2D eigenvalue weighted by Crippen LogP contribution is -2.27. The Labute approximate surface area is 135 Å². The largest absolute Gasteiger partial charge is 0.464 e. The monoisotopic (exact) mass is 308 g/mol. The van der Waals surface area contributed by atoms with E-state index in [0.717, 1.165) is 22.8 Å². The van der Waals surface area contributed by atoms with Crippen molar-refractivity contribution in [1.82, 2.24) is 9.88 Å². The molecular formula is C19H20N2O2. The molecule has 3 rings (SSSR count). The molecule has 0 saturated carbocycles. The Morgan fingerprint density at radius 2 is 1.83 bits per heavy atom. The number of nitrogens with one attached hydrogen (secondary N) is 1. The van der Waals surface area contributed by atoms with E-state index in [1.807, 2.05) is 79.3 Å². The maximum Gasteiger partial charge on any atom is 0.224 e. The average Bonchev–Trinajstić information content (AvgIpc) is 3.19. The summed E-state index contributed by atoms with van der Waals surface area (Å²) in [5.41, 5.74) is 2.07. The molecule has 1 amide bonds. The van der Waals surface area contributed by atoms with Crippen molar-refractivity contribution in [3.63, 3.8) is 0 Å². The van der Waals surface area contributed by atoms with E-state index >= 15 is 0 Å². The van der Waals surface area contributed by atoms with Crippen molar-refractivity contribution in [2.24, 2.45) is 0 Å². The maximum absolute atomic E-state index is 12.2. The fourth-order valence-corrected chi connectivity index (χ4v) is 2.53. The minimum Gasteiger partial charge on any atom is -0.464 e. The molecule has 0 aliphatic rings. The van der Waals surface area contributed by atoms with Gasteiger partial charge in [-0.3, -0.25) is 4.79 Å². The van der Waals surface area contributed by atoms with Gasteiger partial charge in [0, 0.05) is 18.1 Å². The second kappa shape index (κ2) is 6.57. The number of aryl methyl sites for hydroxylation is 1. The number of hydrogen-bond donors (Lipinski definition) is 1. The van der Waals surface area contributed by atoms with Crippen LogP contribution in [0.3, 0.4) is 0 Å². The normalized spacial score (nSPS) is 12.1. The Morgan fingerprint density at radius 3 is 2.43 bits per heavy atom. The van der Waals surface area contributed by atoms with Gasteiger partial charge < -0.3 is 14.3 Å². The molecule has 0 aliphatic heterocycles. The number of hydrogen-bond acceptors (Lipinski definition) is 2. The Hall–Kier alpha value is -2.75. The van der Waals surface area contributed by atoms with E-state index in [9.17, 15) is 4.79 Å². The summed E-state index contributed by atoms with van der Waals surface area (Å²) in [7, 11) is 0. The molecule has 1 atom stereocenters. The summed E-state index contributed by atoms with van der Waals surface area (Å²) in [6.07, 6.45) is 4.35. The second-order valence-corrected chi connectivity index (χ2v) is 5.67. The third kappa shape index (κ3) is 3.72. The Bertz CT molecular complexity index is 770. The topological polar surface area (TPSA) is 47.2 Å². The molecule has 0 aliphatic carbocycles. The molecular weight excluding hydrogens is 288 g/mol. The highest BCUT2D eigenvalue weighted by Gasteiger charge is 2.13.